The smallest absolute Gasteiger partial charge is 0.247 e. The number of fused-ring (bicyclic) bond motifs is 2. The molecule has 0 radical (unpaired) electrons. The van der Waals surface area contributed by atoms with Crippen LogP contribution >= 0.6 is 24.8 Å². The summed E-state index contributed by atoms with van der Waals surface area (Å²) in [6, 6.07) is 14.1. The van der Waals surface area contributed by atoms with Gasteiger partial charge in [-0.2, -0.15) is 0 Å². The third-order valence-corrected chi connectivity index (χ3v) is 6.77. The van der Waals surface area contributed by atoms with E-state index in [-0.39, 0.29) is 30.7 Å². The number of anilines is 2. The predicted molar refractivity (Wildman–Crippen MR) is 163 cm³/mol. The molecule has 0 aliphatic heterocycles. The molecule has 0 aliphatic carbocycles. The molecule has 0 saturated heterocycles. The standard InChI is InChI=1S/C29H34N6O2.2ClH/c1-5-11-35(12-6-2)28(37)29(27(32)36,19-7-9-25-21(15-19)23(30)13-17(3)33-25)20-8-10-26-22(16-20)24(31)14-18(4)34-26;;/h7-10,13-16H,5-6,11-12H2,1-4H3,(H2,30,33)(H2,31,34)(H2,32,36);2*1H. The Labute approximate surface area is 241 Å². The lowest BCUT2D eigenvalue weighted by molar-refractivity contribution is -0.141. The number of rotatable bonds is 8. The van der Waals surface area contributed by atoms with Gasteiger partial charge in [0, 0.05) is 46.6 Å². The van der Waals surface area contributed by atoms with E-state index in [1.807, 2.05) is 27.7 Å². The number of aryl methyl sites for hydroxylation is 2. The van der Waals surface area contributed by atoms with Crippen molar-refractivity contribution >= 4 is 69.8 Å². The number of carbonyl (C=O) groups excluding carboxylic acids is 2. The maximum Gasteiger partial charge on any atom is 0.247 e. The topological polar surface area (TPSA) is 141 Å². The highest BCUT2D eigenvalue weighted by molar-refractivity contribution is 6.15. The van der Waals surface area contributed by atoms with Crippen molar-refractivity contribution in [1.29, 1.82) is 0 Å². The van der Waals surface area contributed by atoms with E-state index in [1.165, 1.54) is 0 Å². The van der Waals surface area contributed by atoms with Crippen LogP contribution in [0.4, 0.5) is 11.4 Å². The number of nitrogens with two attached hydrogens (primary N) is 3. The zero-order chi connectivity index (χ0) is 26.9. The van der Waals surface area contributed by atoms with Crippen molar-refractivity contribution in [2.24, 2.45) is 5.73 Å². The maximum absolute atomic E-state index is 14.5. The molecular weight excluding hydrogens is 535 g/mol. The first-order valence-electron chi connectivity index (χ1n) is 12.6. The van der Waals surface area contributed by atoms with Gasteiger partial charge >= 0.3 is 0 Å². The molecule has 0 bridgehead atoms. The number of primary amides is 1. The minimum Gasteiger partial charge on any atom is -0.398 e. The second-order valence-electron chi connectivity index (χ2n) is 9.58. The van der Waals surface area contributed by atoms with E-state index in [2.05, 4.69) is 9.97 Å². The normalized spacial score (nSPS) is 11.1. The van der Waals surface area contributed by atoms with Crippen LogP contribution in [0.1, 0.15) is 49.2 Å². The van der Waals surface area contributed by atoms with Gasteiger partial charge in [-0.3, -0.25) is 19.6 Å². The van der Waals surface area contributed by atoms with Gasteiger partial charge in [0.15, 0.2) is 5.41 Å². The average molecular weight is 572 g/mol. The van der Waals surface area contributed by atoms with Crippen molar-refractivity contribution in [3.8, 4) is 0 Å². The third-order valence-electron chi connectivity index (χ3n) is 6.77. The number of benzene rings is 2. The van der Waals surface area contributed by atoms with Crippen LogP contribution in [0, 0.1) is 13.8 Å². The van der Waals surface area contributed by atoms with Crippen LogP contribution in [0.15, 0.2) is 48.5 Å². The molecule has 39 heavy (non-hydrogen) atoms. The van der Waals surface area contributed by atoms with Crippen LogP contribution in [0.5, 0.6) is 0 Å². The Morgan fingerprint density at radius 1 is 0.769 bits per heavy atom. The van der Waals surface area contributed by atoms with Crippen LogP contribution in [0.2, 0.25) is 0 Å². The van der Waals surface area contributed by atoms with Crippen LogP contribution in [0.25, 0.3) is 21.8 Å². The molecule has 8 nitrogen and oxygen atoms in total. The molecule has 10 heteroatoms. The van der Waals surface area contributed by atoms with Crippen LogP contribution in [-0.2, 0) is 15.0 Å². The molecule has 6 N–H and O–H groups in total. The highest BCUT2D eigenvalue weighted by Gasteiger charge is 2.50. The number of halogens is 2. The number of nitrogens with zero attached hydrogens (tertiary/aromatic N) is 3. The predicted octanol–water partition coefficient (Wildman–Crippen LogP) is 4.83. The molecule has 2 aromatic carbocycles. The Balaban J connectivity index is 0.00000267. The number of amides is 2. The van der Waals surface area contributed by atoms with Gasteiger partial charge in [0.1, 0.15) is 0 Å². The summed E-state index contributed by atoms with van der Waals surface area (Å²) < 4.78 is 0. The summed E-state index contributed by atoms with van der Waals surface area (Å²) in [7, 11) is 0. The van der Waals surface area contributed by atoms with E-state index >= 15 is 0 Å². The Hall–Kier alpha value is -3.62. The number of carbonyl (C=O) groups is 2. The fourth-order valence-corrected chi connectivity index (χ4v) is 5.14. The van der Waals surface area contributed by atoms with Gasteiger partial charge in [0.2, 0.25) is 11.8 Å². The quantitative estimate of drug-likeness (QED) is 0.259. The first kappa shape index (κ1) is 31.6. The minimum atomic E-state index is -1.80. The first-order valence-corrected chi connectivity index (χ1v) is 12.6. The van der Waals surface area contributed by atoms with Crippen molar-refractivity contribution in [2.45, 2.75) is 46.0 Å². The van der Waals surface area contributed by atoms with Gasteiger partial charge in [-0.05, 0) is 74.2 Å². The number of pyridine rings is 2. The van der Waals surface area contributed by atoms with Gasteiger partial charge in [0.25, 0.3) is 0 Å². The molecule has 0 spiro atoms. The second-order valence-corrected chi connectivity index (χ2v) is 9.58. The van der Waals surface area contributed by atoms with Crippen LogP contribution < -0.4 is 17.2 Å². The molecule has 0 saturated carbocycles. The second kappa shape index (κ2) is 12.5. The van der Waals surface area contributed by atoms with E-state index in [9.17, 15) is 9.59 Å². The summed E-state index contributed by atoms with van der Waals surface area (Å²) >= 11 is 0. The molecule has 0 fully saturated rings. The highest BCUT2D eigenvalue weighted by Crippen LogP contribution is 2.39. The first-order chi connectivity index (χ1) is 17.6. The Bertz CT molecular complexity index is 1430. The lowest BCUT2D eigenvalue weighted by atomic mass is 9.71. The summed E-state index contributed by atoms with van der Waals surface area (Å²) in [5, 5.41) is 1.30. The fraction of sp³-hybridized carbons (Fsp3) is 0.310. The highest BCUT2D eigenvalue weighted by atomic mass is 35.5. The SMILES string of the molecule is CCCN(CCC)C(=O)C(C(N)=O)(c1ccc2nc(C)cc(N)c2c1)c1ccc2nc(C)cc(N)c2c1.Cl.Cl. The summed E-state index contributed by atoms with van der Waals surface area (Å²) in [4.78, 5) is 38.9. The van der Waals surface area contributed by atoms with Crippen molar-refractivity contribution in [2.75, 3.05) is 24.6 Å². The van der Waals surface area contributed by atoms with Gasteiger partial charge in [-0.1, -0.05) is 26.0 Å². The Morgan fingerprint density at radius 3 is 1.54 bits per heavy atom. The average Bonchev–Trinajstić information content (AvgIpc) is 2.84. The van der Waals surface area contributed by atoms with E-state index in [1.54, 1.807) is 53.4 Å². The van der Waals surface area contributed by atoms with Gasteiger partial charge in [-0.25, -0.2) is 0 Å². The lowest BCUT2D eigenvalue weighted by Crippen LogP contribution is -2.55. The van der Waals surface area contributed by atoms with E-state index in [0.29, 0.717) is 57.4 Å². The van der Waals surface area contributed by atoms with E-state index < -0.39 is 11.3 Å². The number of hydrogen-bond acceptors (Lipinski definition) is 6. The summed E-state index contributed by atoms with van der Waals surface area (Å²) in [5.41, 5.74) is 21.9. The molecule has 4 rings (SSSR count). The molecule has 0 aliphatic rings. The summed E-state index contributed by atoms with van der Waals surface area (Å²) in [6.45, 7) is 8.71. The van der Waals surface area contributed by atoms with Gasteiger partial charge in [-0.15, -0.1) is 24.8 Å². The largest absolute Gasteiger partial charge is 0.398 e. The fourth-order valence-electron chi connectivity index (χ4n) is 5.14. The number of nitrogen functional groups attached to an aromatic ring is 2. The zero-order valence-electron chi connectivity index (χ0n) is 22.7. The van der Waals surface area contributed by atoms with Crippen LogP contribution in [-0.4, -0.2) is 39.8 Å². The molecule has 0 unspecified atom stereocenters. The van der Waals surface area contributed by atoms with E-state index in [4.69, 9.17) is 17.2 Å². The number of aromatic nitrogens is 2. The van der Waals surface area contributed by atoms with Gasteiger partial charge in [0.05, 0.1) is 11.0 Å². The maximum atomic E-state index is 14.5. The zero-order valence-corrected chi connectivity index (χ0v) is 24.3. The molecule has 4 aromatic rings. The molecular formula is C29H36Cl2N6O2. The number of hydrogen-bond donors (Lipinski definition) is 3. The monoisotopic (exact) mass is 570 g/mol. The van der Waals surface area contributed by atoms with E-state index in [0.717, 1.165) is 24.2 Å². The summed E-state index contributed by atoms with van der Waals surface area (Å²) in [5.74, 6) is -1.15. The molecule has 2 heterocycles. The van der Waals surface area contributed by atoms with Crippen molar-refractivity contribution in [1.82, 2.24) is 14.9 Å². The molecule has 2 amide bonds. The molecule has 208 valence electrons. The van der Waals surface area contributed by atoms with Crippen molar-refractivity contribution in [3.05, 3.63) is 71.0 Å². The minimum absolute atomic E-state index is 0. The molecule has 2 aromatic heterocycles. The Morgan fingerprint density at radius 2 is 1.18 bits per heavy atom. The van der Waals surface area contributed by atoms with Crippen molar-refractivity contribution < 1.29 is 9.59 Å². The van der Waals surface area contributed by atoms with Crippen LogP contribution in [0.3, 0.4) is 0 Å². The Kier molecular flexibility index (Phi) is 10.1. The lowest BCUT2D eigenvalue weighted by Gasteiger charge is -2.36. The molecule has 0 atom stereocenters. The van der Waals surface area contributed by atoms with Crippen molar-refractivity contribution in [3.63, 3.8) is 0 Å². The third kappa shape index (κ3) is 5.58. The van der Waals surface area contributed by atoms with Gasteiger partial charge < -0.3 is 22.1 Å². The summed E-state index contributed by atoms with van der Waals surface area (Å²) in [6.07, 6.45) is 1.48.